The second-order valence-electron chi connectivity index (χ2n) is 5.54. The number of rotatable bonds is 7. The van der Waals surface area contributed by atoms with Crippen LogP contribution in [0.15, 0.2) is 12.1 Å². The van der Waals surface area contributed by atoms with Crippen LogP contribution in [0.1, 0.15) is 32.3 Å². The Morgan fingerprint density at radius 3 is 2.71 bits per heavy atom. The fourth-order valence-electron chi connectivity index (χ4n) is 1.86. The minimum atomic E-state index is -0.119. The molecule has 1 amide bonds. The van der Waals surface area contributed by atoms with Gasteiger partial charge in [-0.05, 0) is 25.0 Å². The highest BCUT2D eigenvalue weighted by molar-refractivity contribution is 6.35. The Morgan fingerprint density at radius 1 is 1.38 bits per heavy atom. The average Bonchev–Trinajstić information content (AvgIpc) is 3.18. The van der Waals surface area contributed by atoms with E-state index in [2.05, 4.69) is 24.5 Å². The Kier molecular flexibility index (Phi) is 5.73. The maximum Gasteiger partial charge on any atom is 0.258 e. The van der Waals surface area contributed by atoms with Crippen LogP contribution in [0, 0.1) is 0 Å². The molecule has 1 fully saturated rings. The summed E-state index contributed by atoms with van der Waals surface area (Å²) in [6, 6.07) is 4.07. The third-order valence-corrected chi connectivity index (χ3v) is 3.58. The number of carbonyl (C=O) groups excluding carboxylic acids is 1. The molecular formula is C15H20Cl2N2O2. The van der Waals surface area contributed by atoms with Gasteiger partial charge in [0.1, 0.15) is 5.75 Å². The molecule has 21 heavy (non-hydrogen) atoms. The standard InChI is InChI=1S/C15H20Cl2N2O2/c1-9(2)18-7-10-5-11(16)6-13(17)15(10)21-8-14(20)19-12-3-4-12/h5-6,9,12,18H,3-4,7-8H2,1-2H3,(H,19,20). The van der Waals surface area contributed by atoms with Crippen molar-refractivity contribution in [2.24, 2.45) is 0 Å². The lowest BCUT2D eigenvalue weighted by molar-refractivity contribution is -0.123. The number of nitrogens with one attached hydrogen (secondary N) is 2. The molecule has 116 valence electrons. The number of halogens is 2. The van der Waals surface area contributed by atoms with Gasteiger partial charge in [-0.15, -0.1) is 0 Å². The number of carbonyl (C=O) groups is 1. The van der Waals surface area contributed by atoms with Crippen LogP contribution in [0.5, 0.6) is 5.75 Å². The number of benzene rings is 1. The fourth-order valence-corrected chi connectivity index (χ4v) is 2.45. The van der Waals surface area contributed by atoms with Crippen molar-refractivity contribution in [1.29, 1.82) is 0 Å². The maximum absolute atomic E-state index is 11.7. The molecule has 0 bridgehead atoms. The van der Waals surface area contributed by atoms with Crippen LogP contribution in [0.4, 0.5) is 0 Å². The van der Waals surface area contributed by atoms with Crippen molar-refractivity contribution < 1.29 is 9.53 Å². The number of ether oxygens (including phenoxy) is 1. The van der Waals surface area contributed by atoms with Crippen molar-refractivity contribution in [3.8, 4) is 5.75 Å². The third kappa shape index (κ3) is 5.38. The molecular weight excluding hydrogens is 311 g/mol. The van der Waals surface area contributed by atoms with Crippen molar-refractivity contribution in [3.63, 3.8) is 0 Å². The molecule has 6 heteroatoms. The molecule has 1 aromatic carbocycles. The van der Waals surface area contributed by atoms with Gasteiger partial charge in [0, 0.05) is 29.2 Å². The molecule has 2 rings (SSSR count). The fraction of sp³-hybridized carbons (Fsp3) is 0.533. The quantitative estimate of drug-likeness (QED) is 0.807. The predicted octanol–water partition coefficient (Wildman–Crippen LogP) is 3.15. The highest BCUT2D eigenvalue weighted by Gasteiger charge is 2.23. The molecule has 0 aromatic heterocycles. The van der Waals surface area contributed by atoms with Gasteiger partial charge >= 0.3 is 0 Å². The van der Waals surface area contributed by atoms with Crippen molar-refractivity contribution >= 4 is 29.1 Å². The highest BCUT2D eigenvalue weighted by Crippen LogP contribution is 2.32. The minimum Gasteiger partial charge on any atom is -0.482 e. The first kappa shape index (κ1) is 16.4. The first-order chi connectivity index (χ1) is 9.95. The summed E-state index contributed by atoms with van der Waals surface area (Å²) in [6.45, 7) is 4.65. The lowest BCUT2D eigenvalue weighted by Gasteiger charge is -2.15. The number of hydrogen-bond acceptors (Lipinski definition) is 3. The zero-order valence-electron chi connectivity index (χ0n) is 12.2. The van der Waals surface area contributed by atoms with Crippen LogP contribution in [0.25, 0.3) is 0 Å². The summed E-state index contributed by atoms with van der Waals surface area (Å²) < 4.78 is 5.60. The third-order valence-electron chi connectivity index (χ3n) is 3.08. The Hall–Kier alpha value is -0.970. The zero-order chi connectivity index (χ0) is 15.4. The molecule has 0 unspecified atom stereocenters. The minimum absolute atomic E-state index is 0.0352. The van der Waals surface area contributed by atoms with E-state index in [1.165, 1.54) is 0 Å². The van der Waals surface area contributed by atoms with Gasteiger partial charge in [0.15, 0.2) is 6.61 Å². The van der Waals surface area contributed by atoms with E-state index in [-0.39, 0.29) is 12.5 Å². The molecule has 0 saturated heterocycles. The normalized spacial score (nSPS) is 14.3. The van der Waals surface area contributed by atoms with Crippen LogP contribution in [0.3, 0.4) is 0 Å². The van der Waals surface area contributed by atoms with Gasteiger partial charge in [-0.3, -0.25) is 4.79 Å². The Morgan fingerprint density at radius 2 is 2.10 bits per heavy atom. The first-order valence-electron chi connectivity index (χ1n) is 7.09. The molecule has 1 aliphatic carbocycles. The molecule has 1 aliphatic rings. The van der Waals surface area contributed by atoms with Crippen LogP contribution in [0.2, 0.25) is 10.0 Å². The Balaban J connectivity index is 2.02. The van der Waals surface area contributed by atoms with Gasteiger partial charge < -0.3 is 15.4 Å². The van der Waals surface area contributed by atoms with E-state index in [1.807, 2.05) is 0 Å². The number of amides is 1. The van der Waals surface area contributed by atoms with E-state index in [0.29, 0.717) is 34.4 Å². The topological polar surface area (TPSA) is 50.4 Å². The van der Waals surface area contributed by atoms with Gasteiger partial charge in [0.2, 0.25) is 0 Å². The first-order valence-corrected chi connectivity index (χ1v) is 7.84. The molecule has 0 radical (unpaired) electrons. The van der Waals surface area contributed by atoms with Crippen molar-refractivity contribution in [1.82, 2.24) is 10.6 Å². The highest BCUT2D eigenvalue weighted by atomic mass is 35.5. The van der Waals surface area contributed by atoms with Crippen LogP contribution >= 0.6 is 23.2 Å². The molecule has 0 spiro atoms. The summed E-state index contributed by atoms with van der Waals surface area (Å²) in [6.07, 6.45) is 2.11. The summed E-state index contributed by atoms with van der Waals surface area (Å²) in [4.78, 5) is 11.7. The lowest BCUT2D eigenvalue weighted by Crippen LogP contribution is -2.31. The zero-order valence-corrected chi connectivity index (χ0v) is 13.7. The van der Waals surface area contributed by atoms with E-state index in [9.17, 15) is 4.79 Å². The van der Waals surface area contributed by atoms with Crippen LogP contribution in [-0.4, -0.2) is 24.6 Å². The SMILES string of the molecule is CC(C)NCc1cc(Cl)cc(Cl)c1OCC(=O)NC1CC1. The van der Waals surface area contributed by atoms with E-state index in [1.54, 1.807) is 12.1 Å². The van der Waals surface area contributed by atoms with Gasteiger partial charge in [0.05, 0.1) is 5.02 Å². The summed E-state index contributed by atoms with van der Waals surface area (Å²) in [5, 5.41) is 7.13. The van der Waals surface area contributed by atoms with Gasteiger partial charge in [-0.2, -0.15) is 0 Å². The Labute approximate surface area is 135 Å². The predicted molar refractivity (Wildman–Crippen MR) is 85.1 cm³/mol. The van der Waals surface area contributed by atoms with Gasteiger partial charge in [0.25, 0.3) is 5.91 Å². The summed E-state index contributed by atoms with van der Waals surface area (Å²) >= 11 is 12.2. The van der Waals surface area contributed by atoms with E-state index < -0.39 is 0 Å². The maximum atomic E-state index is 11.7. The van der Waals surface area contributed by atoms with Crippen molar-refractivity contribution in [2.45, 2.75) is 45.3 Å². The average molecular weight is 331 g/mol. The van der Waals surface area contributed by atoms with E-state index in [4.69, 9.17) is 27.9 Å². The Bertz CT molecular complexity index is 517. The molecule has 1 aromatic rings. The van der Waals surface area contributed by atoms with E-state index >= 15 is 0 Å². The molecule has 2 N–H and O–H groups in total. The van der Waals surface area contributed by atoms with Gasteiger partial charge in [-0.25, -0.2) is 0 Å². The van der Waals surface area contributed by atoms with E-state index in [0.717, 1.165) is 18.4 Å². The van der Waals surface area contributed by atoms with Crippen LogP contribution < -0.4 is 15.4 Å². The largest absolute Gasteiger partial charge is 0.482 e. The molecule has 0 aliphatic heterocycles. The summed E-state index contributed by atoms with van der Waals surface area (Å²) in [5.41, 5.74) is 0.848. The lowest BCUT2D eigenvalue weighted by atomic mass is 10.2. The summed E-state index contributed by atoms with van der Waals surface area (Å²) in [7, 11) is 0. The van der Waals surface area contributed by atoms with Gasteiger partial charge in [-0.1, -0.05) is 37.0 Å². The molecule has 4 nitrogen and oxygen atoms in total. The van der Waals surface area contributed by atoms with Crippen molar-refractivity contribution in [3.05, 3.63) is 27.7 Å². The molecule has 0 heterocycles. The second-order valence-corrected chi connectivity index (χ2v) is 6.39. The molecule has 1 saturated carbocycles. The molecule has 0 atom stereocenters. The number of hydrogen-bond donors (Lipinski definition) is 2. The second kappa shape index (κ2) is 7.34. The summed E-state index contributed by atoms with van der Waals surface area (Å²) in [5.74, 6) is 0.395. The monoisotopic (exact) mass is 330 g/mol. The van der Waals surface area contributed by atoms with Crippen molar-refractivity contribution in [2.75, 3.05) is 6.61 Å². The van der Waals surface area contributed by atoms with Crippen LogP contribution in [-0.2, 0) is 11.3 Å². The smallest absolute Gasteiger partial charge is 0.258 e.